The van der Waals surface area contributed by atoms with E-state index in [1.165, 1.54) is 0 Å². The third-order valence-electron chi connectivity index (χ3n) is 1.45. The molecule has 0 fully saturated rings. The highest BCUT2D eigenvalue weighted by Gasteiger charge is 1.94. The maximum absolute atomic E-state index is 5.41. The Balaban J connectivity index is 2.44. The number of thioether (sulfide) groups is 1. The van der Waals surface area contributed by atoms with Gasteiger partial charge in [-0.25, -0.2) is 4.98 Å². The largest absolute Gasteiger partial charge is 0.336 e. The number of hydrogen-bond donors (Lipinski definition) is 1. The Labute approximate surface area is 71.0 Å². The monoisotopic (exact) mass is 171 g/mol. The Morgan fingerprint density at radius 3 is 3.09 bits per heavy atom. The molecular formula is C7H13N3S. The lowest BCUT2D eigenvalue weighted by molar-refractivity contribution is 0.770. The van der Waals surface area contributed by atoms with Gasteiger partial charge < -0.3 is 10.3 Å². The highest BCUT2D eigenvalue weighted by Crippen LogP contribution is 1.98. The van der Waals surface area contributed by atoms with Crippen LogP contribution in [-0.2, 0) is 13.1 Å². The van der Waals surface area contributed by atoms with E-state index in [0.29, 0.717) is 6.54 Å². The molecule has 1 rings (SSSR count). The second-order valence-electron chi connectivity index (χ2n) is 2.30. The van der Waals surface area contributed by atoms with Crippen molar-refractivity contribution in [2.75, 3.05) is 12.0 Å². The van der Waals surface area contributed by atoms with Crippen LogP contribution in [0.4, 0.5) is 0 Å². The van der Waals surface area contributed by atoms with Crippen LogP contribution >= 0.6 is 11.8 Å². The van der Waals surface area contributed by atoms with E-state index < -0.39 is 0 Å². The van der Waals surface area contributed by atoms with Gasteiger partial charge in [-0.05, 0) is 6.26 Å². The van der Waals surface area contributed by atoms with Crippen molar-refractivity contribution in [1.82, 2.24) is 9.55 Å². The summed E-state index contributed by atoms with van der Waals surface area (Å²) in [6, 6.07) is 0. The van der Waals surface area contributed by atoms with E-state index in [1.807, 2.05) is 24.3 Å². The molecule has 0 saturated carbocycles. The number of rotatable bonds is 4. The van der Waals surface area contributed by atoms with Crippen LogP contribution in [0.5, 0.6) is 0 Å². The van der Waals surface area contributed by atoms with Gasteiger partial charge in [-0.3, -0.25) is 0 Å². The van der Waals surface area contributed by atoms with Crippen molar-refractivity contribution >= 4 is 11.8 Å². The van der Waals surface area contributed by atoms with E-state index in [4.69, 9.17) is 5.73 Å². The van der Waals surface area contributed by atoms with Crippen LogP contribution in [0.15, 0.2) is 12.5 Å². The predicted molar refractivity (Wildman–Crippen MR) is 48.5 cm³/mol. The Bertz CT molecular complexity index is 209. The molecular weight excluding hydrogens is 158 g/mol. The van der Waals surface area contributed by atoms with Crippen LogP contribution in [-0.4, -0.2) is 21.6 Å². The van der Waals surface area contributed by atoms with Gasteiger partial charge in [0.15, 0.2) is 0 Å². The zero-order valence-electron chi connectivity index (χ0n) is 6.66. The number of nitrogens with two attached hydrogens (primary N) is 1. The molecule has 0 aromatic carbocycles. The van der Waals surface area contributed by atoms with Crippen molar-refractivity contribution in [3.05, 3.63) is 18.2 Å². The van der Waals surface area contributed by atoms with Gasteiger partial charge in [0.05, 0.1) is 12.0 Å². The van der Waals surface area contributed by atoms with Crippen LogP contribution in [0.2, 0.25) is 0 Å². The number of imidazole rings is 1. The summed E-state index contributed by atoms with van der Waals surface area (Å²) >= 11 is 1.83. The third kappa shape index (κ3) is 2.55. The van der Waals surface area contributed by atoms with Gasteiger partial charge in [0.1, 0.15) is 0 Å². The van der Waals surface area contributed by atoms with Gasteiger partial charge in [0, 0.05) is 25.0 Å². The first-order valence-corrected chi connectivity index (χ1v) is 4.96. The van der Waals surface area contributed by atoms with Crippen LogP contribution in [0.1, 0.15) is 5.69 Å². The summed E-state index contributed by atoms with van der Waals surface area (Å²) < 4.78 is 2.07. The first-order chi connectivity index (χ1) is 5.36. The van der Waals surface area contributed by atoms with E-state index >= 15 is 0 Å². The summed E-state index contributed by atoms with van der Waals surface area (Å²) in [5.74, 6) is 1.13. The smallest absolute Gasteiger partial charge is 0.0950 e. The van der Waals surface area contributed by atoms with Gasteiger partial charge in [-0.15, -0.1) is 0 Å². The second kappa shape index (κ2) is 4.41. The molecule has 0 spiro atoms. The Kier molecular flexibility index (Phi) is 3.45. The fourth-order valence-electron chi connectivity index (χ4n) is 0.831. The highest BCUT2D eigenvalue weighted by molar-refractivity contribution is 7.98. The summed E-state index contributed by atoms with van der Waals surface area (Å²) in [4.78, 5) is 4.12. The molecule has 0 aliphatic carbocycles. The molecule has 0 atom stereocenters. The lowest BCUT2D eigenvalue weighted by Gasteiger charge is -1.97. The van der Waals surface area contributed by atoms with Gasteiger partial charge >= 0.3 is 0 Å². The standard InChI is InChI=1S/C7H13N3S/c1-11-3-2-10-5-7(4-8)9-6-10/h5-6H,2-4,8H2,1H3. The summed E-state index contributed by atoms with van der Waals surface area (Å²) in [6.45, 7) is 1.56. The average molecular weight is 171 g/mol. The molecule has 0 aliphatic rings. The van der Waals surface area contributed by atoms with Crippen molar-refractivity contribution < 1.29 is 0 Å². The van der Waals surface area contributed by atoms with Crippen LogP contribution in [0, 0.1) is 0 Å². The molecule has 0 saturated heterocycles. The molecule has 0 unspecified atom stereocenters. The van der Waals surface area contributed by atoms with Gasteiger partial charge in [0.2, 0.25) is 0 Å². The number of nitrogens with zero attached hydrogens (tertiary/aromatic N) is 2. The summed E-state index contributed by atoms with van der Waals surface area (Å²) in [5.41, 5.74) is 6.37. The van der Waals surface area contributed by atoms with Crippen LogP contribution in [0.3, 0.4) is 0 Å². The van der Waals surface area contributed by atoms with Gasteiger partial charge in [-0.2, -0.15) is 11.8 Å². The lowest BCUT2D eigenvalue weighted by Crippen LogP contribution is -1.98. The van der Waals surface area contributed by atoms with Crippen molar-refractivity contribution in [1.29, 1.82) is 0 Å². The predicted octanol–water partition coefficient (Wildman–Crippen LogP) is 0.705. The van der Waals surface area contributed by atoms with Crippen LogP contribution in [0.25, 0.3) is 0 Å². The fraction of sp³-hybridized carbons (Fsp3) is 0.571. The molecule has 0 aliphatic heterocycles. The zero-order valence-corrected chi connectivity index (χ0v) is 7.47. The van der Waals surface area contributed by atoms with Crippen molar-refractivity contribution in [3.63, 3.8) is 0 Å². The fourth-order valence-corrected chi connectivity index (χ4v) is 1.22. The first kappa shape index (κ1) is 8.62. The first-order valence-electron chi connectivity index (χ1n) is 3.56. The van der Waals surface area contributed by atoms with E-state index in [1.54, 1.807) is 0 Å². The summed E-state index contributed by atoms with van der Waals surface area (Å²) in [5, 5.41) is 0. The summed E-state index contributed by atoms with van der Waals surface area (Å²) in [6.07, 6.45) is 5.93. The number of aromatic nitrogens is 2. The van der Waals surface area contributed by atoms with Crippen molar-refractivity contribution in [3.8, 4) is 0 Å². The van der Waals surface area contributed by atoms with E-state index in [9.17, 15) is 0 Å². The quantitative estimate of drug-likeness (QED) is 0.725. The molecule has 1 heterocycles. The van der Waals surface area contributed by atoms with Gasteiger partial charge in [0.25, 0.3) is 0 Å². The van der Waals surface area contributed by atoms with E-state index in [0.717, 1.165) is 18.0 Å². The Morgan fingerprint density at radius 1 is 1.73 bits per heavy atom. The van der Waals surface area contributed by atoms with E-state index in [-0.39, 0.29) is 0 Å². The molecule has 2 N–H and O–H groups in total. The second-order valence-corrected chi connectivity index (χ2v) is 3.29. The number of hydrogen-bond acceptors (Lipinski definition) is 3. The minimum Gasteiger partial charge on any atom is -0.336 e. The van der Waals surface area contributed by atoms with Crippen LogP contribution < -0.4 is 5.73 Å². The van der Waals surface area contributed by atoms with Gasteiger partial charge in [-0.1, -0.05) is 0 Å². The third-order valence-corrected chi connectivity index (χ3v) is 2.04. The van der Waals surface area contributed by atoms with E-state index in [2.05, 4.69) is 15.8 Å². The minimum absolute atomic E-state index is 0.534. The maximum atomic E-state index is 5.41. The molecule has 3 nitrogen and oxygen atoms in total. The highest BCUT2D eigenvalue weighted by atomic mass is 32.2. The molecule has 1 aromatic heterocycles. The Morgan fingerprint density at radius 2 is 2.55 bits per heavy atom. The molecule has 0 radical (unpaired) electrons. The molecule has 1 aromatic rings. The Hall–Kier alpha value is -0.480. The molecule has 0 amide bonds. The molecule has 4 heteroatoms. The summed E-state index contributed by atoms with van der Waals surface area (Å²) in [7, 11) is 0. The maximum Gasteiger partial charge on any atom is 0.0950 e. The lowest BCUT2D eigenvalue weighted by atomic mass is 10.5. The van der Waals surface area contributed by atoms with Crippen molar-refractivity contribution in [2.45, 2.75) is 13.1 Å². The zero-order chi connectivity index (χ0) is 8.10. The number of aryl methyl sites for hydroxylation is 1. The average Bonchev–Trinajstić information content (AvgIpc) is 2.48. The molecule has 62 valence electrons. The molecule has 0 bridgehead atoms. The topological polar surface area (TPSA) is 43.8 Å². The minimum atomic E-state index is 0.534. The normalized spacial score (nSPS) is 10.4. The van der Waals surface area contributed by atoms with Crippen molar-refractivity contribution in [2.24, 2.45) is 5.73 Å². The SMILES string of the molecule is CSCCn1cnc(CN)c1. The molecule has 11 heavy (non-hydrogen) atoms.